The summed E-state index contributed by atoms with van der Waals surface area (Å²) in [6, 6.07) is 5.25. The maximum atomic E-state index is 12.3. The number of benzene rings is 1. The number of hydrogen-bond acceptors (Lipinski definition) is 4. The molecule has 0 fully saturated rings. The van der Waals surface area contributed by atoms with Crippen LogP contribution >= 0.6 is 27.7 Å². The molecule has 1 unspecified atom stereocenters. The van der Waals surface area contributed by atoms with Crippen LogP contribution in [-0.4, -0.2) is 33.5 Å². The van der Waals surface area contributed by atoms with Gasteiger partial charge in [-0.1, -0.05) is 6.07 Å². The van der Waals surface area contributed by atoms with Crippen LogP contribution < -0.4 is 10.0 Å². The molecule has 2 N–H and O–H groups in total. The Balaban J connectivity index is 3.02. The third-order valence-electron chi connectivity index (χ3n) is 2.44. The highest BCUT2D eigenvalue weighted by Crippen LogP contribution is 2.23. The summed E-state index contributed by atoms with van der Waals surface area (Å²) in [5.74, 6) is 0.743. The smallest absolute Gasteiger partial charge is 0.241 e. The van der Waals surface area contributed by atoms with E-state index in [4.69, 9.17) is 0 Å². The second kappa shape index (κ2) is 7.64. The van der Waals surface area contributed by atoms with Crippen LogP contribution in [0.25, 0.3) is 0 Å². The molecule has 0 bridgehead atoms. The Bertz CT molecular complexity index is 520. The van der Waals surface area contributed by atoms with Gasteiger partial charge in [-0.3, -0.25) is 0 Å². The lowest BCUT2D eigenvalue weighted by Gasteiger charge is -2.14. The van der Waals surface area contributed by atoms with Gasteiger partial charge in [-0.05, 0) is 53.9 Å². The van der Waals surface area contributed by atoms with Crippen molar-refractivity contribution in [3.63, 3.8) is 0 Å². The molecule has 0 aromatic heterocycles. The topological polar surface area (TPSA) is 58.2 Å². The molecule has 108 valence electrons. The van der Waals surface area contributed by atoms with Gasteiger partial charge in [0.1, 0.15) is 0 Å². The molecule has 1 rings (SSSR count). The molecule has 4 nitrogen and oxygen atoms in total. The third kappa shape index (κ3) is 5.07. The van der Waals surface area contributed by atoms with Gasteiger partial charge in [-0.25, -0.2) is 13.1 Å². The van der Waals surface area contributed by atoms with Crippen LogP contribution in [0.5, 0.6) is 0 Å². The van der Waals surface area contributed by atoms with E-state index in [2.05, 4.69) is 26.0 Å². The number of nitrogens with one attached hydrogen (secondary N) is 2. The summed E-state index contributed by atoms with van der Waals surface area (Å²) in [4.78, 5) is 0.285. The first-order valence-corrected chi connectivity index (χ1v) is 9.52. The summed E-state index contributed by atoms with van der Waals surface area (Å²) in [5, 5.41) is 3.01. The first-order valence-electron chi connectivity index (χ1n) is 5.85. The molecule has 1 aromatic rings. The van der Waals surface area contributed by atoms with Crippen molar-refractivity contribution in [3.8, 4) is 0 Å². The molecule has 0 aliphatic carbocycles. The van der Waals surface area contributed by atoms with Crippen LogP contribution in [0.2, 0.25) is 0 Å². The minimum absolute atomic E-state index is 0.0974. The Morgan fingerprint density at radius 2 is 2.11 bits per heavy atom. The second-order valence-electron chi connectivity index (χ2n) is 4.27. The van der Waals surface area contributed by atoms with Gasteiger partial charge >= 0.3 is 0 Å². The molecular weight excluding hydrogens is 348 g/mol. The van der Waals surface area contributed by atoms with Gasteiger partial charge in [0.15, 0.2) is 0 Å². The maximum absolute atomic E-state index is 12.3. The first-order chi connectivity index (χ1) is 8.90. The van der Waals surface area contributed by atoms with Gasteiger partial charge in [0.25, 0.3) is 0 Å². The highest BCUT2D eigenvalue weighted by molar-refractivity contribution is 9.10. The van der Waals surface area contributed by atoms with Gasteiger partial charge in [-0.15, -0.1) is 0 Å². The summed E-state index contributed by atoms with van der Waals surface area (Å²) in [7, 11) is -1.66. The SMILES string of the molecule is CNCc1ccc(Br)c(S(=O)(=O)NC(C)CSC)c1. The van der Waals surface area contributed by atoms with Crippen molar-refractivity contribution < 1.29 is 8.42 Å². The fraction of sp³-hybridized carbons (Fsp3) is 0.500. The van der Waals surface area contributed by atoms with Crippen molar-refractivity contribution >= 4 is 37.7 Å². The van der Waals surface area contributed by atoms with Crippen LogP contribution in [0, 0.1) is 0 Å². The molecule has 0 aliphatic rings. The normalized spacial score (nSPS) is 13.5. The van der Waals surface area contributed by atoms with Gasteiger partial charge in [0.2, 0.25) is 10.0 Å². The Morgan fingerprint density at radius 3 is 2.68 bits per heavy atom. The summed E-state index contributed by atoms with van der Waals surface area (Å²) < 4.78 is 27.9. The average molecular weight is 367 g/mol. The van der Waals surface area contributed by atoms with Crippen molar-refractivity contribution in [2.45, 2.75) is 24.4 Å². The second-order valence-corrected chi connectivity index (χ2v) is 7.72. The van der Waals surface area contributed by atoms with E-state index in [9.17, 15) is 8.42 Å². The van der Waals surface area contributed by atoms with Gasteiger partial charge < -0.3 is 5.32 Å². The summed E-state index contributed by atoms with van der Waals surface area (Å²) in [6.07, 6.45) is 1.95. The van der Waals surface area contributed by atoms with E-state index in [-0.39, 0.29) is 10.9 Å². The average Bonchev–Trinajstić information content (AvgIpc) is 2.31. The van der Waals surface area contributed by atoms with Crippen molar-refractivity contribution in [2.24, 2.45) is 0 Å². The molecule has 0 heterocycles. The molecular formula is C12H19BrN2O2S2. The summed E-state index contributed by atoms with van der Waals surface area (Å²) >= 11 is 4.91. The lowest BCUT2D eigenvalue weighted by molar-refractivity contribution is 0.570. The number of thioether (sulfide) groups is 1. The predicted octanol–water partition coefficient (Wildman–Crippen LogP) is 2.20. The fourth-order valence-electron chi connectivity index (χ4n) is 1.68. The Labute approximate surface area is 127 Å². The molecule has 0 spiro atoms. The quantitative estimate of drug-likeness (QED) is 0.776. The third-order valence-corrected chi connectivity index (χ3v) is 5.86. The molecule has 0 saturated carbocycles. The van der Waals surface area contributed by atoms with E-state index in [0.29, 0.717) is 11.0 Å². The van der Waals surface area contributed by atoms with E-state index in [1.54, 1.807) is 23.9 Å². The standard InChI is InChI=1S/C12H19BrN2O2S2/c1-9(8-18-3)15-19(16,17)12-6-10(7-14-2)4-5-11(12)13/h4-6,9,14-15H,7-8H2,1-3H3. The number of rotatable bonds is 7. The van der Waals surface area contributed by atoms with E-state index in [1.165, 1.54) is 0 Å². The highest BCUT2D eigenvalue weighted by Gasteiger charge is 2.20. The van der Waals surface area contributed by atoms with E-state index in [1.807, 2.05) is 26.3 Å². The molecule has 7 heteroatoms. The zero-order chi connectivity index (χ0) is 14.5. The number of halogens is 1. The molecule has 19 heavy (non-hydrogen) atoms. The van der Waals surface area contributed by atoms with Crippen LogP contribution in [0.3, 0.4) is 0 Å². The van der Waals surface area contributed by atoms with Crippen LogP contribution in [-0.2, 0) is 16.6 Å². The zero-order valence-electron chi connectivity index (χ0n) is 11.2. The molecule has 0 saturated heterocycles. The van der Waals surface area contributed by atoms with Crippen molar-refractivity contribution in [1.82, 2.24) is 10.0 Å². The fourth-order valence-corrected chi connectivity index (χ4v) is 4.63. The number of hydrogen-bond donors (Lipinski definition) is 2. The molecule has 0 aliphatic heterocycles. The van der Waals surface area contributed by atoms with Crippen molar-refractivity contribution in [3.05, 3.63) is 28.2 Å². The summed E-state index contributed by atoms with van der Waals surface area (Å²) in [5.41, 5.74) is 0.934. The maximum Gasteiger partial charge on any atom is 0.241 e. The monoisotopic (exact) mass is 366 g/mol. The van der Waals surface area contributed by atoms with Crippen LogP contribution in [0.1, 0.15) is 12.5 Å². The Morgan fingerprint density at radius 1 is 1.42 bits per heavy atom. The minimum Gasteiger partial charge on any atom is -0.316 e. The Kier molecular flexibility index (Phi) is 6.82. The summed E-state index contributed by atoms with van der Waals surface area (Å²) in [6.45, 7) is 2.50. The van der Waals surface area contributed by atoms with Gasteiger partial charge in [0.05, 0.1) is 4.90 Å². The molecule has 1 atom stereocenters. The minimum atomic E-state index is -3.49. The molecule has 0 radical (unpaired) electrons. The van der Waals surface area contributed by atoms with Crippen molar-refractivity contribution in [1.29, 1.82) is 0 Å². The predicted molar refractivity (Wildman–Crippen MR) is 85.1 cm³/mol. The number of sulfonamides is 1. The van der Waals surface area contributed by atoms with Crippen LogP contribution in [0.15, 0.2) is 27.6 Å². The van der Waals surface area contributed by atoms with E-state index < -0.39 is 10.0 Å². The molecule has 0 amide bonds. The Hall–Kier alpha value is -0.0800. The zero-order valence-corrected chi connectivity index (χ0v) is 14.5. The highest BCUT2D eigenvalue weighted by atomic mass is 79.9. The van der Waals surface area contributed by atoms with E-state index >= 15 is 0 Å². The lowest BCUT2D eigenvalue weighted by Crippen LogP contribution is -2.34. The van der Waals surface area contributed by atoms with Gasteiger partial charge in [0, 0.05) is 22.8 Å². The largest absolute Gasteiger partial charge is 0.316 e. The van der Waals surface area contributed by atoms with Gasteiger partial charge in [-0.2, -0.15) is 11.8 Å². The van der Waals surface area contributed by atoms with E-state index in [0.717, 1.165) is 11.3 Å². The van der Waals surface area contributed by atoms with Crippen molar-refractivity contribution in [2.75, 3.05) is 19.1 Å². The molecule has 1 aromatic carbocycles. The first kappa shape index (κ1) is 17.0. The van der Waals surface area contributed by atoms with Crippen LogP contribution in [0.4, 0.5) is 0 Å². The lowest BCUT2D eigenvalue weighted by atomic mass is 10.2.